The molecule has 1 aromatic heterocycles. The third-order valence-corrected chi connectivity index (χ3v) is 5.42. The maximum Gasteiger partial charge on any atom is 0.317 e. The fourth-order valence-corrected chi connectivity index (χ4v) is 3.84. The zero-order chi connectivity index (χ0) is 17.0. The van der Waals surface area contributed by atoms with Crippen molar-refractivity contribution in [3.05, 3.63) is 20.8 Å². The number of rotatable bonds is 3. The molecule has 23 heavy (non-hydrogen) atoms. The van der Waals surface area contributed by atoms with Crippen LogP contribution >= 0.6 is 27.3 Å². The number of hydrogen-bond acceptors (Lipinski definition) is 3. The van der Waals surface area contributed by atoms with Gasteiger partial charge in [0, 0.05) is 35.0 Å². The molecule has 0 bridgehead atoms. The number of piperidine rings is 1. The van der Waals surface area contributed by atoms with Gasteiger partial charge in [-0.15, -0.1) is 11.3 Å². The molecule has 3 amide bonds. The molecule has 1 aliphatic heterocycles. The van der Waals surface area contributed by atoms with Gasteiger partial charge in [-0.25, -0.2) is 4.79 Å². The van der Waals surface area contributed by atoms with Gasteiger partial charge < -0.3 is 15.5 Å². The average molecular weight is 402 g/mol. The first-order valence-electron chi connectivity index (χ1n) is 7.84. The van der Waals surface area contributed by atoms with Crippen LogP contribution in [0.4, 0.5) is 4.79 Å². The van der Waals surface area contributed by atoms with Crippen molar-refractivity contribution in [1.82, 2.24) is 15.5 Å². The monoisotopic (exact) mass is 401 g/mol. The first kappa shape index (κ1) is 18.3. The predicted molar refractivity (Wildman–Crippen MR) is 96.9 cm³/mol. The van der Waals surface area contributed by atoms with E-state index in [0.717, 1.165) is 35.3 Å². The van der Waals surface area contributed by atoms with Crippen molar-refractivity contribution >= 4 is 39.2 Å². The number of amides is 3. The third kappa shape index (κ3) is 5.80. The standard InChI is InChI=1S/C16H24BrN3O2S/c1-16(2,3)19-15(22)20-6-4-11(5-7-20)9-18-14(21)13-8-12(17)10-23-13/h8,10-11H,4-7,9H2,1-3H3,(H,18,21)(H,19,22). The van der Waals surface area contributed by atoms with Crippen LogP contribution in [-0.4, -0.2) is 42.0 Å². The van der Waals surface area contributed by atoms with Gasteiger partial charge in [-0.2, -0.15) is 0 Å². The molecule has 0 aliphatic carbocycles. The van der Waals surface area contributed by atoms with Crippen LogP contribution in [0.25, 0.3) is 0 Å². The highest BCUT2D eigenvalue weighted by Crippen LogP contribution is 2.20. The number of hydrogen-bond donors (Lipinski definition) is 2. The average Bonchev–Trinajstić information content (AvgIpc) is 2.90. The number of nitrogens with zero attached hydrogens (tertiary/aromatic N) is 1. The van der Waals surface area contributed by atoms with Crippen molar-refractivity contribution in [3.63, 3.8) is 0 Å². The first-order valence-corrected chi connectivity index (χ1v) is 9.51. The molecule has 0 spiro atoms. The number of halogens is 1. The van der Waals surface area contributed by atoms with E-state index in [9.17, 15) is 9.59 Å². The Morgan fingerprint density at radius 3 is 2.52 bits per heavy atom. The van der Waals surface area contributed by atoms with E-state index < -0.39 is 0 Å². The van der Waals surface area contributed by atoms with Gasteiger partial charge in [0.1, 0.15) is 0 Å². The van der Waals surface area contributed by atoms with Crippen LogP contribution in [-0.2, 0) is 0 Å². The van der Waals surface area contributed by atoms with Gasteiger partial charge >= 0.3 is 6.03 Å². The zero-order valence-corrected chi connectivity index (χ0v) is 16.2. The lowest BCUT2D eigenvalue weighted by Crippen LogP contribution is -2.51. The number of likely N-dealkylation sites (tertiary alicyclic amines) is 1. The summed E-state index contributed by atoms with van der Waals surface area (Å²) in [7, 11) is 0. The van der Waals surface area contributed by atoms with E-state index in [1.165, 1.54) is 11.3 Å². The smallest absolute Gasteiger partial charge is 0.317 e. The predicted octanol–water partition coefficient (Wildman–Crippen LogP) is 3.46. The van der Waals surface area contributed by atoms with Gasteiger partial charge in [0.25, 0.3) is 5.91 Å². The fourth-order valence-electron chi connectivity index (χ4n) is 2.50. The Bertz CT molecular complexity index is 560. The van der Waals surface area contributed by atoms with Gasteiger partial charge in [0.15, 0.2) is 0 Å². The number of nitrogens with one attached hydrogen (secondary N) is 2. The number of carbonyl (C=O) groups is 2. The van der Waals surface area contributed by atoms with Crippen molar-refractivity contribution in [2.24, 2.45) is 5.92 Å². The maximum atomic E-state index is 12.1. The quantitative estimate of drug-likeness (QED) is 0.814. The summed E-state index contributed by atoms with van der Waals surface area (Å²) in [6.45, 7) is 8.10. The molecule has 0 radical (unpaired) electrons. The topological polar surface area (TPSA) is 61.4 Å². The van der Waals surface area contributed by atoms with Crippen molar-refractivity contribution in [2.75, 3.05) is 19.6 Å². The van der Waals surface area contributed by atoms with Crippen molar-refractivity contribution in [2.45, 2.75) is 39.2 Å². The molecule has 0 atom stereocenters. The SMILES string of the molecule is CC(C)(C)NC(=O)N1CCC(CNC(=O)c2cc(Br)cs2)CC1. The van der Waals surface area contributed by atoms with E-state index in [0.29, 0.717) is 12.5 Å². The third-order valence-electron chi connectivity index (χ3n) is 3.73. The van der Waals surface area contributed by atoms with Crippen LogP contribution in [0.3, 0.4) is 0 Å². The highest BCUT2D eigenvalue weighted by Gasteiger charge is 2.25. The molecule has 0 aromatic carbocycles. The summed E-state index contributed by atoms with van der Waals surface area (Å²) in [5.74, 6) is 0.412. The lowest BCUT2D eigenvalue weighted by molar-refractivity contribution is 0.0941. The minimum absolute atomic E-state index is 0.00317. The fraction of sp³-hybridized carbons (Fsp3) is 0.625. The van der Waals surface area contributed by atoms with Crippen LogP contribution in [0.5, 0.6) is 0 Å². The molecule has 1 fully saturated rings. The Kier molecular flexibility index (Phi) is 6.08. The molecule has 7 heteroatoms. The maximum absolute atomic E-state index is 12.1. The molecule has 0 saturated carbocycles. The second kappa shape index (κ2) is 7.66. The van der Waals surface area contributed by atoms with Gasteiger partial charge in [0.05, 0.1) is 4.88 Å². The number of thiophene rings is 1. The van der Waals surface area contributed by atoms with Gasteiger partial charge in [-0.1, -0.05) is 0 Å². The molecule has 0 unspecified atom stereocenters. The first-order chi connectivity index (χ1) is 10.7. The largest absolute Gasteiger partial charge is 0.351 e. The lowest BCUT2D eigenvalue weighted by atomic mass is 9.97. The second-order valence-electron chi connectivity index (χ2n) is 6.95. The molecular formula is C16H24BrN3O2S. The van der Waals surface area contributed by atoms with Crippen LogP contribution in [0.1, 0.15) is 43.3 Å². The second-order valence-corrected chi connectivity index (χ2v) is 8.78. The normalized spacial score (nSPS) is 16.3. The van der Waals surface area contributed by atoms with Crippen molar-refractivity contribution in [3.8, 4) is 0 Å². The summed E-state index contributed by atoms with van der Waals surface area (Å²) >= 11 is 4.79. The highest BCUT2D eigenvalue weighted by atomic mass is 79.9. The van der Waals surface area contributed by atoms with E-state index in [4.69, 9.17) is 0 Å². The summed E-state index contributed by atoms with van der Waals surface area (Å²) in [5, 5.41) is 7.89. The minimum atomic E-state index is -0.211. The molecule has 1 saturated heterocycles. The van der Waals surface area contributed by atoms with E-state index >= 15 is 0 Å². The summed E-state index contributed by atoms with van der Waals surface area (Å²) in [6.07, 6.45) is 1.85. The summed E-state index contributed by atoms with van der Waals surface area (Å²) in [4.78, 5) is 26.7. The summed E-state index contributed by atoms with van der Waals surface area (Å²) in [5.41, 5.74) is -0.211. The number of carbonyl (C=O) groups excluding carboxylic acids is 2. The van der Waals surface area contributed by atoms with Crippen LogP contribution < -0.4 is 10.6 Å². The Labute approximate surface area is 149 Å². The Hall–Kier alpha value is -1.08. The highest BCUT2D eigenvalue weighted by molar-refractivity contribution is 9.10. The molecular weight excluding hydrogens is 378 g/mol. The van der Waals surface area contributed by atoms with Gasteiger partial charge in [-0.3, -0.25) is 4.79 Å². The minimum Gasteiger partial charge on any atom is -0.351 e. The molecule has 2 rings (SSSR count). The molecule has 1 aromatic rings. The Balaban J connectivity index is 1.72. The van der Waals surface area contributed by atoms with E-state index in [1.807, 2.05) is 37.1 Å². The van der Waals surface area contributed by atoms with Crippen molar-refractivity contribution < 1.29 is 9.59 Å². The molecule has 2 heterocycles. The van der Waals surface area contributed by atoms with Crippen molar-refractivity contribution in [1.29, 1.82) is 0 Å². The van der Waals surface area contributed by atoms with E-state index in [1.54, 1.807) is 0 Å². The molecule has 2 N–H and O–H groups in total. The van der Waals surface area contributed by atoms with E-state index in [-0.39, 0.29) is 17.5 Å². The van der Waals surface area contributed by atoms with E-state index in [2.05, 4.69) is 26.6 Å². The van der Waals surface area contributed by atoms with Gasteiger partial charge in [-0.05, 0) is 61.5 Å². The molecule has 128 valence electrons. The van der Waals surface area contributed by atoms with Crippen LogP contribution in [0.15, 0.2) is 15.9 Å². The van der Waals surface area contributed by atoms with Crippen LogP contribution in [0, 0.1) is 5.92 Å². The summed E-state index contributed by atoms with van der Waals surface area (Å²) < 4.78 is 0.936. The van der Waals surface area contributed by atoms with Crippen LogP contribution in [0.2, 0.25) is 0 Å². The lowest BCUT2D eigenvalue weighted by Gasteiger charge is -2.34. The number of urea groups is 1. The summed E-state index contributed by atoms with van der Waals surface area (Å²) in [6, 6.07) is 1.84. The Morgan fingerprint density at radius 2 is 2.00 bits per heavy atom. The zero-order valence-electron chi connectivity index (χ0n) is 13.8. The Morgan fingerprint density at radius 1 is 1.35 bits per heavy atom. The molecule has 1 aliphatic rings. The van der Waals surface area contributed by atoms with Gasteiger partial charge in [0.2, 0.25) is 0 Å². The molecule has 5 nitrogen and oxygen atoms in total.